The van der Waals surface area contributed by atoms with E-state index in [1.807, 2.05) is 19.1 Å². The van der Waals surface area contributed by atoms with Crippen molar-refractivity contribution in [3.8, 4) is 0 Å². The molecule has 0 amide bonds. The van der Waals surface area contributed by atoms with Crippen LogP contribution in [0.4, 0.5) is 0 Å². The molecule has 1 aromatic carbocycles. The zero-order valence-corrected chi connectivity index (χ0v) is 14.3. The van der Waals surface area contributed by atoms with Crippen LogP contribution in [0.1, 0.15) is 50.5 Å². The summed E-state index contributed by atoms with van der Waals surface area (Å²) in [6, 6.07) is 10.7. The molecule has 3 atom stereocenters. The molecule has 2 aliphatic rings. The molecule has 0 unspecified atom stereocenters. The van der Waals surface area contributed by atoms with Gasteiger partial charge in [0.1, 0.15) is 0 Å². The van der Waals surface area contributed by atoms with Crippen LogP contribution in [-0.2, 0) is 14.3 Å². The van der Waals surface area contributed by atoms with E-state index in [1.165, 1.54) is 24.8 Å². The number of benzene rings is 1. The van der Waals surface area contributed by atoms with E-state index in [0.717, 1.165) is 6.42 Å². The molecule has 3 rings (SSSR count). The first-order valence-electron chi connectivity index (χ1n) is 9.03. The fraction of sp³-hybridized carbons (Fsp3) is 0.476. The second-order valence-corrected chi connectivity index (χ2v) is 6.52. The lowest BCUT2D eigenvalue weighted by molar-refractivity contribution is -0.139. The van der Waals surface area contributed by atoms with Gasteiger partial charge in [0.05, 0.1) is 18.8 Å². The second-order valence-electron chi connectivity index (χ2n) is 6.52. The summed E-state index contributed by atoms with van der Waals surface area (Å²) in [7, 11) is 0. The third-order valence-electron chi connectivity index (χ3n) is 4.86. The molecule has 1 saturated carbocycles. The maximum atomic E-state index is 11.9. The Morgan fingerprint density at radius 3 is 2.75 bits per heavy atom. The smallest absolute Gasteiger partial charge is 0.334 e. The highest BCUT2D eigenvalue weighted by Crippen LogP contribution is 2.36. The molecule has 0 radical (unpaired) electrons. The van der Waals surface area contributed by atoms with Gasteiger partial charge in [0, 0.05) is 17.9 Å². The number of hydrogen-bond donors (Lipinski definition) is 0. The molecule has 3 nitrogen and oxygen atoms in total. The summed E-state index contributed by atoms with van der Waals surface area (Å²) < 4.78 is 11.5. The fourth-order valence-corrected chi connectivity index (χ4v) is 3.68. The lowest BCUT2D eigenvalue weighted by Crippen LogP contribution is -2.31. The Kier molecular flexibility index (Phi) is 5.86. The zero-order valence-electron chi connectivity index (χ0n) is 14.3. The predicted molar refractivity (Wildman–Crippen MR) is 94.8 cm³/mol. The van der Waals surface area contributed by atoms with Gasteiger partial charge in [0.2, 0.25) is 0 Å². The van der Waals surface area contributed by atoms with Crippen molar-refractivity contribution in [2.45, 2.75) is 57.2 Å². The van der Waals surface area contributed by atoms with Gasteiger partial charge < -0.3 is 9.47 Å². The number of hydrogen-bond acceptors (Lipinski definition) is 3. The summed E-state index contributed by atoms with van der Waals surface area (Å²) in [6.07, 6.45) is 11.3. The molecule has 1 aromatic rings. The highest BCUT2D eigenvalue weighted by molar-refractivity contribution is 5.89. The van der Waals surface area contributed by atoms with E-state index < -0.39 is 0 Å². The minimum absolute atomic E-state index is 0.0382. The lowest BCUT2D eigenvalue weighted by atomic mass is 9.81. The van der Waals surface area contributed by atoms with Crippen LogP contribution in [0.3, 0.4) is 0 Å². The first kappa shape index (κ1) is 17.0. The van der Waals surface area contributed by atoms with Gasteiger partial charge in [0.25, 0.3) is 0 Å². The van der Waals surface area contributed by atoms with Crippen molar-refractivity contribution >= 4 is 5.97 Å². The third-order valence-corrected chi connectivity index (χ3v) is 4.86. The minimum Gasteiger partial charge on any atom is -0.463 e. The summed E-state index contributed by atoms with van der Waals surface area (Å²) >= 11 is 0. The largest absolute Gasteiger partial charge is 0.463 e. The molecule has 3 heteroatoms. The van der Waals surface area contributed by atoms with Crippen molar-refractivity contribution in [1.82, 2.24) is 0 Å². The van der Waals surface area contributed by atoms with E-state index >= 15 is 0 Å². The van der Waals surface area contributed by atoms with Gasteiger partial charge in [-0.3, -0.25) is 0 Å². The second kappa shape index (κ2) is 8.29. The van der Waals surface area contributed by atoms with E-state index in [1.54, 1.807) is 0 Å². The molecule has 0 bridgehead atoms. The SMILES string of the molecule is CCOC(=O)C1=CC=C[C@@H](O[C@@H]2CCCC[C@H]2c2ccccc2)C1. The third kappa shape index (κ3) is 4.15. The Bertz CT molecular complexity index is 603. The molecule has 0 aromatic heterocycles. The average molecular weight is 326 g/mol. The van der Waals surface area contributed by atoms with Gasteiger partial charge >= 0.3 is 5.97 Å². The molecular formula is C21H26O3. The van der Waals surface area contributed by atoms with Crippen LogP contribution in [0.5, 0.6) is 0 Å². The summed E-state index contributed by atoms with van der Waals surface area (Å²) in [5.74, 6) is 0.226. The topological polar surface area (TPSA) is 35.5 Å². The van der Waals surface area contributed by atoms with E-state index in [0.29, 0.717) is 24.5 Å². The van der Waals surface area contributed by atoms with Crippen molar-refractivity contribution in [2.75, 3.05) is 6.61 Å². The average Bonchev–Trinajstić information content (AvgIpc) is 2.63. The van der Waals surface area contributed by atoms with Crippen molar-refractivity contribution < 1.29 is 14.3 Å². The first-order valence-corrected chi connectivity index (χ1v) is 9.03. The monoisotopic (exact) mass is 326 g/mol. The van der Waals surface area contributed by atoms with E-state index in [-0.39, 0.29) is 18.2 Å². The number of rotatable bonds is 5. The van der Waals surface area contributed by atoms with Gasteiger partial charge in [-0.05, 0) is 25.3 Å². The van der Waals surface area contributed by atoms with Crippen LogP contribution in [0.25, 0.3) is 0 Å². The highest BCUT2D eigenvalue weighted by atomic mass is 16.5. The zero-order chi connectivity index (χ0) is 16.8. The summed E-state index contributed by atoms with van der Waals surface area (Å²) in [4.78, 5) is 11.9. The Balaban J connectivity index is 1.65. The van der Waals surface area contributed by atoms with Crippen molar-refractivity contribution in [1.29, 1.82) is 0 Å². The predicted octanol–water partition coefficient (Wildman–Crippen LogP) is 4.55. The first-order chi connectivity index (χ1) is 11.8. The van der Waals surface area contributed by atoms with Crippen LogP contribution < -0.4 is 0 Å². The Labute approximate surface area is 144 Å². The molecule has 0 N–H and O–H groups in total. The Morgan fingerprint density at radius 1 is 1.17 bits per heavy atom. The molecular weight excluding hydrogens is 300 g/mol. The number of carbonyl (C=O) groups is 1. The van der Waals surface area contributed by atoms with Gasteiger partial charge in [-0.25, -0.2) is 4.79 Å². The molecule has 0 saturated heterocycles. The van der Waals surface area contributed by atoms with Crippen molar-refractivity contribution in [3.05, 3.63) is 59.7 Å². The van der Waals surface area contributed by atoms with Crippen molar-refractivity contribution in [2.24, 2.45) is 0 Å². The molecule has 0 heterocycles. The van der Waals surface area contributed by atoms with E-state index in [9.17, 15) is 4.79 Å². The summed E-state index contributed by atoms with van der Waals surface area (Å²) in [5, 5.41) is 0. The number of carbonyl (C=O) groups excluding carboxylic acids is 1. The lowest BCUT2D eigenvalue weighted by Gasteiger charge is -2.34. The Hall–Kier alpha value is -1.87. The molecule has 0 aliphatic heterocycles. The maximum Gasteiger partial charge on any atom is 0.334 e. The van der Waals surface area contributed by atoms with E-state index in [2.05, 4.69) is 36.4 Å². The van der Waals surface area contributed by atoms with Gasteiger partial charge in [-0.15, -0.1) is 0 Å². The highest BCUT2D eigenvalue weighted by Gasteiger charge is 2.30. The fourth-order valence-electron chi connectivity index (χ4n) is 3.68. The van der Waals surface area contributed by atoms with Crippen LogP contribution >= 0.6 is 0 Å². The number of allylic oxidation sites excluding steroid dienone is 2. The summed E-state index contributed by atoms with van der Waals surface area (Å²) in [5.41, 5.74) is 2.07. The molecule has 0 spiro atoms. The molecule has 24 heavy (non-hydrogen) atoms. The summed E-state index contributed by atoms with van der Waals surface area (Å²) in [6.45, 7) is 2.24. The Morgan fingerprint density at radius 2 is 1.96 bits per heavy atom. The maximum absolute atomic E-state index is 11.9. The van der Waals surface area contributed by atoms with Gasteiger partial charge in [-0.1, -0.05) is 61.4 Å². The quantitative estimate of drug-likeness (QED) is 0.745. The molecule has 2 aliphatic carbocycles. The van der Waals surface area contributed by atoms with Gasteiger partial charge in [-0.2, -0.15) is 0 Å². The van der Waals surface area contributed by atoms with Crippen LogP contribution in [0, 0.1) is 0 Å². The molecule has 128 valence electrons. The van der Waals surface area contributed by atoms with Crippen LogP contribution in [-0.4, -0.2) is 24.8 Å². The normalized spacial score (nSPS) is 26.7. The van der Waals surface area contributed by atoms with Gasteiger partial charge in [0.15, 0.2) is 0 Å². The van der Waals surface area contributed by atoms with Crippen LogP contribution in [0.2, 0.25) is 0 Å². The van der Waals surface area contributed by atoms with E-state index in [4.69, 9.17) is 9.47 Å². The minimum atomic E-state index is -0.223. The van der Waals surface area contributed by atoms with Crippen molar-refractivity contribution in [3.63, 3.8) is 0 Å². The van der Waals surface area contributed by atoms with Crippen LogP contribution in [0.15, 0.2) is 54.1 Å². The molecule has 1 fully saturated rings. The standard InChI is InChI=1S/C21H26O3/c1-2-23-21(22)17-11-8-12-18(15-17)24-20-14-7-6-13-19(20)16-9-4-3-5-10-16/h3-5,8-12,18-20H,2,6-7,13-15H2,1H3/t18-,19+,20-/m1/s1. The number of esters is 1. The number of ether oxygens (including phenoxy) is 2.